The van der Waals surface area contributed by atoms with E-state index in [0.29, 0.717) is 5.75 Å². The molecule has 0 saturated heterocycles. The number of sulfone groups is 1. The molecule has 0 spiro atoms. The molecule has 0 saturated carbocycles. The Balaban J connectivity index is 2.45. The van der Waals surface area contributed by atoms with E-state index in [1.54, 1.807) is 26.0 Å². The van der Waals surface area contributed by atoms with Crippen molar-refractivity contribution < 1.29 is 18.3 Å². The zero-order chi connectivity index (χ0) is 12.2. The highest BCUT2D eigenvalue weighted by molar-refractivity contribution is 7.91. The van der Waals surface area contributed by atoms with Crippen LogP contribution in [0.5, 0.6) is 11.5 Å². The lowest BCUT2D eigenvalue weighted by atomic mass is 10.3. The summed E-state index contributed by atoms with van der Waals surface area (Å²) in [7, 11) is -3.05. The van der Waals surface area contributed by atoms with Gasteiger partial charge >= 0.3 is 0 Å². The van der Waals surface area contributed by atoms with E-state index in [-0.39, 0.29) is 23.4 Å². The fourth-order valence-corrected chi connectivity index (χ4v) is 1.84. The Morgan fingerprint density at radius 3 is 2.31 bits per heavy atom. The third-order valence-electron chi connectivity index (χ3n) is 2.19. The van der Waals surface area contributed by atoms with Gasteiger partial charge in [0.1, 0.15) is 18.1 Å². The van der Waals surface area contributed by atoms with Gasteiger partial charge in [0.25, 0.3) is 0 Å². The van der Waals surface area contributed by atoms with E-state index in [2.05, 4.69) is 0 Å². The van der Waals surface area contributed by atoms with E-state index < -0.39 is 9.84 Å². The summed E-state index contributed by atoms with van der Waals surface area (Å²) in [6.07, 6.45) is 0. The molecule has 5 heteroatoms. The number of phenols is 1. The first-order chi connectivity index (χ1) is 7.42. The topological polar surface area (TPSA) is 63.6 Å². The van der Waals surface area contributed by atoms with Crippen LogP contribution in [0.25, 0.3) is 0 Å². The molecular formula is C11H16O4S. The summed E-state index contributed by atoms with van der Waals surface area (Å²) >= 11 is 0. The minimum Gasteiger partial charge on any atom is -0.508 e. The van der Waals surface area contributed by atoms with Gasteiger partial charge in [-0.2, -0.15) is 0 Å². The lowest BCUT2D eigenvalue weighted by Crippen LogP contribution is -2.21. The first kappa shape index (κ1) is 12.8. The normalized spacial score (nSPS) is 11.7. The third-order valence-corrected chi connectivity index (χ3v) is 4.36. The number of phenolic OH excluding ortho intramolecular Hbond substituents is 1. The molecule has 1 N–H and O–H groups in total. The minimum atomic E-state index is -3.05. The molecule has 0 bridgehead atoms. The molecule has 1 rings (SSSR count). The molecule has 0 aromatic heterocycles. The number of ether oxygens (including phenoxy) is 1. The predicted octanol–water partition coefficient (Wildman–Crippen LogP) is 1.59. The van der Waals surface area contributed by atoms with Gasteiger partial charge in [0.15, 0.2) is 9.84 Å². The molecule has 0 aliphatic heterocycles. The van der Waals surface area contributed by atoms with Gasteiger partial charge in [0, 0.05) is 0 Å². The second kappa shape index (κ2) is 5.21. The van der Waals surface area contributed by atoms with Crippen molar-refractivity contribution >= 4 is 9.84 Å². The van der Waals surface area contributed by atoms with E-state index in [1.807, 2.05) is 0 Å². The van der Waals surface area contributed by atoms with E-state index in [9.17, 15) is 8.42 Å². The minimum absolute atomic E-state index is 0.00550. The van der Waals surface area contributed by atoms with Crippen LogP contribution in [0.15, 0.2) is 24.3 Å². The van der Waals surface area contributed by atoms with Crippen LogP contribution in [0.1, 0.15) is 13.8 Å². The SMILES string of the molecule is CC(C)S(=O)(=O)CCOc1ccc(O)cc1. The Hall–Kier alpha value is -1.23. The van der Waals surface area contributed by atoms with Crippen LogP contribution in [-0.4, -0.2) is 31.1 Å². The fourth-order valence-electron chi connectivity index (χ4n) is 1.05. The molecule has 1 aromatic carbocycles. The molecule has 0 aliphatic rings. The van der Waals surface area contributed by atoms with E-state index in [1.165, 1.54) is 12.1 Å². The highest BCUT2D eigenvalue weighted by Crippen LogP contribution is 2.15. The molecule has 1 aromatic rings. The monoisotopic (exact) mass is 244 g/mol. The van der Waals surface area contributed by atoms with E-state index in [4.69, 9.17) is 9.84 Å². The quantitative estimate of drug-likeness (QED) is 0.854. The van der Waals surface area contributed by atoms with Gasteiger partial charge in [-0.1, -0.05) is 0 Å². The first-order valence-corrected chi connectivity index (χ1v) is 6.77. The molecule has 0 unspecified atom stereocenters. The van der Waals surface area contributed by atoms with Crippen molar-refractivity contribution in [3.8, 4) is 11.5 Å². The number of hydrogen-bond donors (Lipinski definition) is 1. The summed E-state index contributed by atoms with van der Waals surface area (Å²) in [4.78, 5) is 0. The van der Waals surface area contributed by atoms with Gasteiger partial charge in [-0.3, -0.25) is 0 Å². The third kappa shape index (κ3) is 3.73. The Kier molecular flexibility index (Phi) is 4.18. The highest BCUT2D eigenvalue weighted by atomic mass is 32.2. The Morgan fingerprint density at radius 2 is 1.81 bits per heavy atom. The van der Waals surface area contributed by atoms with Crippen LogP contribution in [-0.2, 0) is 9.84 Å². The Morgan fingerprint density at radius 1 is 1.25 bits per heavy atom. The largest absolute Gasteiger partial charge is 0.508 e. The summed E-state index contributed by atoms with van der Waals surface area (Å²) in [5, 5.41) is 8.65. The van der Waals surface area contributed by atoms with E-state index in [0.717, 1.165) is 0 Å². The van der Waals surface area contributed by atoms with Crippen molar-refractivity contribution in [2.24, 2.45) is 0 Å². The zero-order valence-corrected chi connectivity index (χ0v) is 10.2. The lowest BCUT2D eigenvalue weighted by Gasteiger charge is -2.09. The smallest absolute Gasteiger partial charge is 0.155 e. The van der Waals surface area contributed by atoms with Gasteiger partial charge in [0.2, 0.25) is 0 Å². The van der Waals surface area contributed by atoms with Gasteiger partial charge in [-0.05, 0) is 38.1 Å². The maximum atomic E-state index is 11.5. The van der Waals surface area contributed by atoms with Crippen LogP contribution in [0.3, 0.4) is 0 Å². The molecule has 16 heavy (non-hydrogen) atoms. The molecule has 0 aliphatic carbocycles. The molecule has 0 amide bonds. The lowest BCUT2D eigenvalue weighted by molar-refractivity contribution is 0.339. The summed E-state index contributed by atoms with van der Waals surface area (Å²) in [6, 6.07) is 6.17. The standard InChI is InChI=1S/C11H16O4S/c1-9(2)16(13,14)8-7-15-11-5-3-10(12)4-6-11/h3-6,9,12H,7-8H2,1-2H3. The molecule has 0 fully saturated rings. The molecule has 90 valence electrons. The summed E-state index contributed by atoms with van der Waals surface area (Å²) in [6.45, 7) is 3.43. The summed E-state index contributed by atoms with van der Waals surface area (Å²) in [5.41, 5.74) is 0. The molecular weight excluding hydrogens is 228 g/mol. The second-order valence-corrected chi connectivity index (χ2v) is 6.43. The maximum absolute atomic E-state index is 11.5. The average molecular weight is 244 g/mol. The number of benzene rings is 1. The van der Waals surface area contributed by atoms with Crippen molar-refractivity contribution in [2.75, 3.05) is 12.4 Å². The van der Waals surface area contributed by atoms with Crippen LogP contribution >= 0.6 is 0 Å². The van der Waals surface area contributed by atoms with Crippen molar-refractivity contribution in [2.45, 2.75) is 19.1 Å². The average Bonchev–Trinajstić information content (AvgIpc) is 2.20. The van der Waals surface area contributed by atoms with Gasteiger partial charge in [-0.15, -0.1) is 0 Å². The van der Waals surface area contributed by atoms with Crippen molar-refractivity contribution in [1.82, 2.24) is 0 Å². The van der Waals surface area contributed by atoms with Gasteiger partial charge in [-0.25, -0.2) is 8.42 Å². The molecule has 4 nitrogen and oxygen atoms in total. The number of hydrogen-bond acceptors (Lipinski definition) is 4. The second-order valence-electron chi connectivity index (χ2n) is 3.76. The van der Waals surface area contributed by atoms with Crippen molar-refractivity contribution in [3.05, 3.63) is 24.3 Å². The van der Waals surface area contributed by atoms with Gasteiger partial charge < -0.3 is 9.84 Å². The van der Waals surface area contributed by atoms with Crippen LogP contribution in [0, 0.1) is 0 Å². The predicted molar refractivity (Wildman–Crippen MR) is 62.5 cm³/mol. The number of aromatic hydroxyl groups is 1. The molecule has 0 radical (unpaired) electrons. The summed E-state index contributed by atoms with van der Waals surface area (Å²) < 4.78 is 28.2. The van der Waals surface area contributed by atoms with Crippen LogP contribution < -0.4 is 4.74 Å². The molecule has 0 heterocycles. The van der Waals surface area contributed by atoms with E-state index >= 15 is 0 Å². The summed E-state index contributed by atoms with van der Waals surface area (Å²) in [5.74, 6) is 0.713. The Bertz CT molecular complexity index is 420. The number of rotatable bonds is 5. The van der Waals surface area contributed by atoms with Crippen LogP contribution in [0.4, 0.5) is 0 Å². The van der Waals surface area contributed by atoms with Crippen molar-refractivity contribution in [1.29, 1.82) is 0 Å². The molecule has 0 atom stereocenters. The van der Waals surface area contributed by atoms with Crippen LogP contribution in [0.2, 0.25) is 0 Å². The Labute approximate surface area is 95.8 Å². The fraction of sp³-hybridized carbons (Fsp3) is 0.455. The van der Waals surface area contributed by atoms with Gasteiger partial charge in [0.05, 0.1) is 11.0 Å². The first-order valence-electron chi connectivity index (χ1n) is 5.05. The maximum Gasteiger partial charge on any atom is 0.155 e. The van der Waals surface area contributed by atoms with Crippen molar-refractivity contribution in [3.63, 3.8) is 0 Å². The highest BCUT2D eigenvalue weighted by Gasteiger charge is 2.15. The zero-order valence-electron chi connectivity index (χ0n) is 9.38.